The van der Waals surface area contributed by atoms with Crippen LogP contribution in [0.4, 0.5) is 5.69 Å². The van der Waals surface area contributed by atoms with Crippen LogP contribution in [0.1, 0.15) is 43.7 Å². The molecule has 0 atom stereocenters. The SMILES string of the molecule is CCc1c(C(=O)Nc2ccc3ncccc3c2)cnn1C(C)(C)C. The molecule has 0 saturated heterocycles. The zero-order valence-corrected chi connectivity index (χ0v) is 14.5. The zero-order valence-electron chi connectivity index (χ0n) is 14.5. The Morgan fingerprint density at radius 3 is 2.75 bits per heavy atom. The maximum absolute atomic E-state index is 12.7. The summed E-state index contributed by atoms with van der Waals surface area (Å²) in [6.07, 6.45) is 4.17. The number of nitrogens with zero attached hydrogens (tertiary/aromatic N) is 3. The first-order chi connectivity index (χ1) is 11.4. The topological polar surface area (TPSA) is 59.8 Å². The molecule has 0 bridgehead atoms. The molecule has 3 rings (SSSR count). The average Bonchev–Trinajstić information content (AvgIpc) is 2.99. The summed E-state index contributed by atoms with van der Waals surface area (Å²) in [5.74, 6) is -0.134. The fourth-order valence-corrected chi connectivity index (χ4v) is 2.83. The number of carbonyl (C=O) groups excluding carboxylic acids is 1. The van der Waals surface area contributed by atoms with Gasteiger partial charge in [-0.2, -0.15) is 5.10 Å². The fraction of sp³-hybridized carbons (Fsp3) is 0.316. The molecule has 124 valence electrons. The van der Waals surface area contributed by atoms with E-state index in [1.165, 1.54) is 0 Å². The number of nitrogens with one attached hydrogen (secondary N) is 1. The van der Waals surface area contributed by atoms with Crippen LogP contribution in [0.2, 0.25) is 0 Å². The van der Waals surface area contributed by atoms with E-state index in [0.29, 0.717) is 5.56 Å². The molecule has 3 aromatic rings. The molecule has 0 saturated carbocycles. The Hall–Kier alpha value is -2.69. The predicted molar refractivity (Wildman–Crippen MR) is 96.3 cm³/mol. The molecule has 0 fully saturated rings. The van der Waals surface area contributed by atoms with Crippen LogP contribution in [0.15, 0.2) is 42.7 Å². The third-order valence-electron chi connectivity index (χ3n) is 3.94. The number of fused-ring (bicyclic) bond motifs is 1. The summed E-state index contributed by atoms with van der Waals surface area (Å²) in [6.45, 7) is 8.28. The Labute approximate surface area is 141 Å². The largest absolute Gasteiger partial charge is 0.322 e. The van der Waals surface area contributed by atoms with Gasteiger partial charge in [0.05, 0.1) is 28.5 Å². The van der Waals surface area contributed by atoms with Gasteiger partial charge in [0, 0.05) is 17.3 Å². The smallest absolute Gasteiger partial charge is 0.259 e. The van der Waals surface area contributed by atoms with Crippen molar-refractivity contribution in [2.24, 2.45) is 0 Å². The first-order valence-electron chi connectivity index (χ1n) is 8.13. The van der Waals surface area contributed by atoms with Crippen molar-refractivity contribution in [1.82, 2.24) is 14.8 Å². The van der Waals surface area contributed by atoms with E-state index in [1.807, 2.05) is 41.9 Å². The lowest BCUT2D eigenvalue weighted by atomic mass is 10.1. The van der Waals surface area contributed by atoms with E-state index in [9.17, 15) is 4.79 Å². The summed E-state index contributed by atoms with van der Waals surface area (Å²) in [6, 6.07) is 9.57. The van der Waals surface area contributed by atoms with Gasteiger partial charge in [-0.15, -0.1) is 0 Å². The van der Waals surface area contributed by atoms with Gasteiger partial charge in [-0.3, -0.25) is 14.5 Å². The van der Waals surface area contributed by atoms with Crippen molar-refractivity contribution in [1.29, 1.82) is 0 Å². The van der Waals surface area contributed by atoms with Gasteiger partial charge in [0.15, 0.2) is 0 Å². The minimum Gasteiger partial charge on any atom is -0.322 e. The van der Waals surface area contributed by atoms with Crippen molar-refractivity contribution in [3.63, 3.8) is 0 Å². The molecule has 0 aliphatic heterocycles. The molecular weight excluding hydrogens is 300 g/mol. The van der Waals surface area contributed by atoms with Crippen LogP contribution in [-0.4, -0.2) is 20.7 Å². The van der Waals surface area contributed by atoms with Crippen molar-refractivity contribution in [3.8, 4) is 0 Å². The van der Waals surface area contributed by atoms with Crippen LogP contribution in [0, 0.1) is 0 Å². The van der Waals surface area contributed by atoms with E-state index in [1.54, 1.807) is 12.4 Å². The lowest BCUT2D eigenvalue weighted by molar-refractivity contribution is 0.102. The molecule has 0 unspecified atom stereocenters. The van der Waals surface area contributed by atoms with Crippen LogP contribution in [0.25, 0.3) is 10.9 Å². The van der Waals surface area contributed by atoms with E-state index in [-0.39, 0.29) is 11.4 Å². The highest BCUT2D eigenvalue weighted by molar-refractivity contribution is 6.05. The minimum absolute atomic E-state index is 0.134. The van der Waals surface area contributed by atoms with Crippen molar-refractivity contribution < 1.29 is 4.79 Å². The third kappa shape index (κ3) is 3.02. The lowest BCUT2D eigenvalue weighted by Crippen LogP contribution is -2.26. The summed E-state index contributed by atoms with van der Waals surface area (Å²) in [4.78, 5) is 17.0. The van der Waals surface area contributed by atoms with Gasteiger partial charge >= 0.3 is 0 Å². The second-order valence-corrected chi connectivity index (χ2v) is 6.81. The maximum atomic E-state index is 12.7. The van der Waals surface area contributed by atoms with Gasteiger partial charge in [-0.1, -0.05) is 13.0 Å². The van der Waals surface area contributed by atoms with E-state index in [0.717, 1.165) is 28.7 Å². The molecule has 24 heavy (non-hydrogen) atoms. The number of hydrogen-bond acceptors (Lipinski definition) is 3. The second-order valence-electron chi connectivity index (χ2n) is 6.81. The number of benzene rings is 1. The van der Waals surface area contributed by atoms with Crippen LogP contribution in [-0.2, 0) is 12.0 Å². The fourth-order valence-electron chi connectivity index (χ4n) is 2.83. The quantitative estimate of drug-likeness (QED) is 0.793. The molecule has 0 aliphatic carbocycles. The zero-order chi connectivity index (χ0) is 17.3. The molecule has 2 aromatic heterocycles. The van der Waals surface area contributed by atoms with E-state index < -0.39 is 0 Å². The Morgan fingerprint density at radius 2 is 2.04 bits per heavy atom. The lowest BCUT2D eigenvalue weighted by Gasteiger charge is -2.22. The number of pyridine rings is 1. The van der Waals surface area contributed by atoms with Gasteiger partial charge in [0.25, 0.3) is 5.91 Å². The first-order valence-corrected chi connectivity index (χ1v) is 8.13. The molecule has 1 amide bonds. The first kappa shape index (κ1) is 16.2. The van der Waals surface area contributed by atoms with Gasteiger partial charge < -0.3 is 5.32 Å². The van der Waals surface area contributed by atoms with Gasteiger partial charge in [-0.05, 0) is 51.5 Å². The molecule has 1 N–H and O–H groups in total. The molecule has 5 nitrogen and oxygen atoms in total. The molecule has 0 radical (unpaired) electrons. The van der Waals surface area contributed by atoms with Crippen LogP contribution in [0.5, 0.6) is 0 Å². The normalized spacial score (nSPS) is 11.7. The second kappa shape index (κ2) is 6.07. The number of carbonyl (C=O) groups is 1. The van der Waals surface area contributed by atoms with E-state index in [4.69, 9.17) is 0 Å². The molecule has 5 heteroatoms. The predicted octanol–water partition coefficient (Wildman–Crippen LogP) is 4.00. The van der Waals surface area contributed by atoms with Gasteiger partial charge in [0.1, 0.15) is 0 Å². The van der Waals surface area contributed by atoms with Crippen molar-refractivity contribution in [2.45, 2.75) is 39.7 Å². The Bertz CT molecular complexity index is 890. The summed E-state index contributed by atoms with van der Waals surface area (Å²) >= 11 is 0. The highest BCUT2D eigenvalue weighted by atomic mass is 16.1. The van der Waals surface area contributed by atoms with E-state index in [2.05, 4.69) is 36.2 Å². The number of rotatable bonds is 3. The molecule has 2 heterocycles. The van der Waals surface area contributed by atoms with Crippen molar-refractivity contribution >= 4 is 22.5 Å². The van der Waals surface area contributed by atoms with Crippen molar-refractivity contribution in [2.75, 3.05) is 5.32 Å². The van der Waals surface area contributed by atoms with Crippen LogP contribution < -0.4 is 5.32 Å². The summed E-state index contributed by atoms with van der Waals surface area (Å²) in [5, 5.41) is 8.38. The number of anilines is 1. The standard InChI is InChI=1S/C19H22N4O/c1-5-17-15(12-21-23(17)19(2,3)4)18(24)22-14-8-9-16-13(11-14)7-6-10-20-16/h6-12H,5H2,1-4H3,(H,22,24). The maximum Gasteiger partial charge on any atom is 0.259 e. The average molecular weight is 322 g/mol. The van der Waals surface area contributed by atoms with E-state index >= 15 is 0 Å². The summed E-state index contributed by atoms with van der Waals surface area (Å²) < 4.78 is 1.92. The molecule has 0 spiro atoms. The van der Waals surface area contributed by atoms with Gasteiger partial charge in [-0.25, -0.2) is 0 Å². The Kier molecular flexibility index (Phi) is 4.09. The summed E-state index contributed by atoms with van der Waals surface area (Å²) in [5.41, 5.74) is 3.08. The highest BCUT2D eigenvalue weighted by Crippen LogP contribution is 2.22. The van der Waals surface area contributed by atoms with Crippen molar-refractivity contribution in [3.05, 3.63) is 54.0 Å². The number of amides is 1. The van der Waals surface area contributed by atoms with Crippen LogP contribution >= 0.6 is 0 Å². The Balaban J connectivity index is 1.90. The minimum atomic E-state index is -0.154. The van der Waals surface area contributed by atoms with Gasteiger partial charge in [0.2, 0.25) is 0 Å². The third-order valence-corrected chi connectivity index (χ3v) is 3.94. The Morgan fingerprint density at radius 1 is 1.25 bits per heavy atom. The van der Waals surface area contributed by atoms with Crippen LogP contribution in [0.3, 0.4) is 0 Å². The number of hydrogen-bond donors (Lipinski definition) is 1. The molecule has 1 aromatic carbocycles. The monoisotopic (exact) mass is 322 g/mol. The summed E-state index contributed by atoms with van der Waals surface area (Å²) in [7, 11) is 0. The number of aromatic nitrogens is 3. The molecule has 0 aliphatic rings. The molecular formula is C19H22N4O. The highest BCUT2D eigenvalue weighted by Gasteiger charge is 2.23.